The third kappa shape index (κ3) is 9.14. The Kier molecular flexibility index (Phi) is 11.6. The lowest BCUT2D eigenvalue weighted by Crippen LogP contribution is -2.51. The van der Waals surface area contributed by atoms with E-state index in [4.69, 9.17) is 0 Å². The van der Waals surface area contributed by atoms with Gasteiger partial charge in [0.1, 0.15) is 6.04 Å². The molecule has 0 aliphatic carbocycles. The Morgan fingerprint density at radius 1 is 0.944 bits per heavy atom. The van der Waals surface area contributed by atoms with Gasteiger partial charge in [0.15, 0.2) is 0 Å². The van der Waals surface area contributed by atoms with Crippen molar-refractivity contribution in [2.24, 2.45) is 0 Å². The zero-order valence-electron chi connectivity index (χ0n) is 21.1. The highest BCUT2D eigenvalue weighted by Crippen LogP contribution is 2.20. The number of nitrogens with zero attached hydrogens (tertiary/aromatic N) is 1. The van der Waals surface area contributed by atoms with E-state index in [9.17, 15) is 9.59 Å². The van der Waals surface area contributed by atoms with Crippen LogP contribution in [0.25, 0.3) is 0 Å². The summed E-state index contributed by atoms with van der Waals surface area (Å²) in [6.07, 6.45) is 2.40. The van der Waals surface area contributed by atoms with Gasteiger partial charge in [0.2, 0.25) is 11.8 Å². The maximum atomic E-state index is 13.7. The Balaban J connectivity index is 1.82. The van der Waals surface area contributed by atoms with Crippen LogP contribution in [-0.2, 0) is 28.3 Å². The van der Waals surface area contributed by atoms with Gasteiger partial charge in [0.05, 0.1) is 5.75 Å². The van der Waals surface area contributed by atoms with Crippen molar-refractivity contribution >= 4 is 39.5 Å². The number of hydrogen-bond acceptors (Lipinski definition) is 3. The van der Waals surface area contributed by atoms with E-state index in [0.717, 1.165) is 39.8 Å². The smallest absolute Gasteiger partial charge is 0.243 e. The lowest BCUT2D eigenvalue weighted by atomic mass is 10.0. The largest absolute Gasteiger partial charge is 0.354 e. The molecular weight excluding hydrogens is 532 g/mol. The quantitative estimate of drug-likeness (QED) is 0.239. The summed E-state index contributed by atoms with van der Waals surface area (Å²) in [5, 5.41) is 3.08. The number of halogens is 1. The minimum absolute atomic E-state index is 0.0230. The number of aryl methyl sites for hydroxylation is 1. The van der Waals surface area contributed by atoms with Crippen LogP contribution in [0.15, 0.2) is 83.3 Å². The molecule has 6 heteroatoms. The van der Waals surface area contributed by atoms with Crippen LogP contribution in [0, 0.1) is 6.92 Å². The molecule has 3 aromatic rings. The maximum absolute atomic E-state index is 13.7. The number of thioether (sulfide) groups is 1. The SMILES string of the molecule is CCCCNC(=O)[C@@H](Cc1ccccc1)N(Cc1cccc(C)c1)C(=O)CSCc1ccc(Br)cc1. The van der Waals surface area contributed by atoms with Crippen LogP contribution in [0.1, 0.15) is 42.0 Å². The number of carbonyl (C=O) groups excluding carboxylic acids is 2. The molecule has 4 nitrogen and oxygen atoms in total. The van der Waals surface area contributed by atoms with Gasteiger partial charge >= 0.3 is 0 Å². The highest BCUT2D eigenvalue weighted by molar-refractivity contribution is 9.10. The van der Waals surface area contributed by atoms with Gasteiger partial charge in [-0.25, -0.2) is 0 Å². The highest BCUT2D eigenvalue weighted by Gasteiger charge is 2.30. The Morgan fingerprint density at radius 3 is 2.36 bits per heavy atom. The molecule has 0 aliphatic rings. The van der Waals surface area contributed by atoms with Crippen molar-refractivity contribution in [2.45, 2.75) is 51.4 Å². The van der Waals surface area contributed by atoms with Crippen molar-refractivity contribution < 1.29 is 9.59 Å². The summed E-state index contributed by atoms with van der Waals surface area (Å²) in [4.78, 5) is 28.9. The molecule has 0 aromatic heterocycles. The summed E-state index contributed by atoms with van der Waals surface area (Å²) in [6, 6.07) is 25.7. The molecule has 0 heterocycles. The van der Waals surface area contributed by atoms with Gasteiger partial charge in [-0.15, -0.1) is 11.8 Å². The number of benzene rings is 3. The standard InChI is InChI=1S/C30H35BrN2O2S/c1-3-4-17-32-30(35)28(19-24-10-6-5-7-11-24)33(20-26-12-8-9-23(2)18-26)29(34)22-36-21-25-13-15-27(31)16-14-25/h5-16,18,28H,3-4,17,19-22H2,1-2H3,(H,32,35)/t28-/m1/s1. The fourth-order valence-electron chi connectivity index (χ4n) is 3.99. The number of unbranched alkanes of at least 4 members (excludes halogenated alkanes) is 1. The number of hydrogen-bond donors (Lipinski definition) is 1. The van der Waals surface area contributed by atoms with Gasteiger partial charge in [-0.1, -0.05) is 102 Å². The van der Waals surface area contributed by atoms with Crippen LogP contribution >= 0.6 is 27.7 Å². The van der Waals surface area contributed by atoms with Crippen molar-refractivity contribution in [3.63, 3.8) is 0 Å². The summed E-state index contributed by atoms with van der Waals surface area (Å²) in [7, 11) is 0. The zero-order chi connectivity index (χ0) is 25.8. The normalized spacial score (nSPS) is 11.6. The first-order valence-electron chi connectivity index (χ1n) is 12.4. The van der Waals surface area contributed by atoms with Crippen LogP contribution in [0.4, 0.5) is 0 Å². The number of amides is 2. The average Bonchev–Trinajstić information content (AvgIpc) is 2.88. The Labute approximate surface area is 228 Å². The molecule has 190 valence electrons. The number of rotatable bonds is 13. The fraction of sp³-hybridized carbons (Fsp3) is 0.333. The Hall–Kier alpha value is -2.57. The van der Waals surface area contributed by atoms with Gasteiger partial charge in [0, 0.05) is 29.7 Å². The molecule has 3 rings (SSSR count). The molecule has 0 unspecified atom stereocenters. The molecule has 1 N–H and O–H groups in total. The van der Waals surface area contributed by atoms with Gasteiger partial charge in [0.25, 0.3) is 0 Å². The molecule has 0 saturated carbocycles. The van der Waals surface area contributed by atoms with E-state index in [0.29, 0.717) is 25.3 Å². The zero-order valence-corrected chi connectivity index (χ0v) is 23.5. The molecule has 1 atom stereocenters. The van der Waals surface area contributed by atoms with Crippen molar-refractivity contribution in [1.82, 2.24) is 10.2 Å². The summed E-state index contributed by atoms with van der Waals surface area (Å²) in [6.45, 7) is 5.16. The van der Waals surface area contributed by atoms with Crippen LogP contribution in [0.5, 0.6) is 0 Å². The van der Waals surface area contributed by atoms with E-state index in [1.54, 1.807) is 16.7 Å². The minimum Gasteiger partial charge on any atom is -0.354 e. The van der Waals surface area contributed by atoms with Crippen molar-refractivity contribution in [1.29, 1.82) is 0 Å². The van der Waals surface area contributed by atoms with E-state index in [1.807, 2.05) is 67.6 Å². The average molecular weight is 568 g/mol. The second-order valence-corrected chi connectivity index (χ2v) is 10.9. The first-order chi connectivity index (χ1) is 17.5. The molecule has 2 amide bonds. The maximum Gasteiger partial charge on any atom is 0.243 e. The van der Waals surface area contributed by atoms with E-state index in [2.05, 4.69) is 46.4 Å². The van der Waals surface area contributed by atoms with Crippen LogP contribution < -0.4 is 5.32 Å². The topological polar surface area (TPSA) is 49.4 Å². The molecule has 0 fully saturated rings. The predicted octanol–water partition coefficient (Wildman–Crippen LogP) is 6.55. The second-order valence-electron chi connectivity index (χ2n) is 8.98. The van der Waals surface area contributed by atoms with E-state index in [1.165, 1.54) is 5.56 Å². The third-order valence-electron chi connectivity index (χ3n) is 5.94. The van der Waals surface area contributed by atoms with Crippen molar-refractivity contribution in [3.8, 4) is 0 Å². The molecule has 3 aromatic carbocycles. The summed E-state index contributed by atoms with van der Waals surface area (Å²) >= 11 is 5.05. The van der Waals surface area contributed by atoms with Gasteiger partial charge < -0.3 is 10.2 Å². The molecule has 0 aliphatic heterocycles. The molecule has 0 saturated heterocycles. The van der Waals surface area contributed by atoms with Crippen molar-refractivity contribution in [3.05, 3.63) is 106 Å². The summed E-state index contributed by atoms with van der Waals surface area (Å²) < 4.78 is 1.04. The van der Waals surface area contributed by atoms with Crippen LogP contribution in [0.2, 0.25) is 0 Å². The molecule has 0 bridgehead atoms. The lowest BCUT2D eigenvalue weighted by molar-refractivity contribution is -0.139. The third-order valence-corrected chi connectivity index (χ3v) is 7.46. The number of nitrogens with one attached hydrogen (secondary N) is 1. The van der Waals surface area contributed by atoms with Crippen molar-refractivity contribution in [2.75, 3.05) is 12.3 Å². The minimum atomic E-state index is -0.578. The second kappa shape index (κ2) is 14.9. The van der Waals surface area contributed by atoms with Gasteiger partial charge in [-0.05, 0) is 42.2 Å². The van der Waals surface area contributed by atoms with Crippen LogP contribution in [-0.4, -0.2) is 35.1 Å². The van der Waals surface area contributed by atoms with E-state index in [-0.39, 0.29) is 11.8 Å². The summed E-state index contributed by atoms with van der Waals surface area (Å²) in [5.41, 5.74) is 4.37. The monoisotopic (exact) mass is 566 g/mol. The number of carbonyl (C=O) groups is 2. The molecular formula is C30H35BrN2O2S. The first kappa shape index (κ1) is 28.0. The lowest BCUT2D eigenvalue weighted by Gasteiger charge is -2.31. The van der Waals surface area contributed by atoms with E-state index < -0.39 is 6.04 Å². The molecule has 0 radical (unpaired) electrons. The van der Waals surface area contributed by atoms with Gasteiger partial charge in [-0.2, -0.15) is 0 Å². The predicted molar refractivity (Wildman–Crippen MR) is 154 cm³/mol. The Morgan fingerprint density at radius 2 is 1.67 bits per heavy atom. The molecule has 0 spiro atoms. The van der Waals surface area contributed by atoms with Gasteiger partial charge in [-0.3, -0.25) is 9.59 Å². The Bertz CT molecular complexity index is 1110. The first-order valence-corrected chi connectivity index (χ1v) is 14.4. The highest BCUT2D eigenvalue weighted by atomic mass is 79.9. The molecule has 36 heavy (non-hydrogen) atoms. The van der Waals surface area contributed by atoms with E-state index >= 15 is 0 Å². The van der Waals surface area contributed by atoms with Crippen LogP contribution in [0.3, 0.4) is 0 Å². The fourth-order valence-corrected chi connectivity index (χ4v) is 5.12. The summed E-state index contributed by atoms with van der Waals surface area (Å²) in [5.74, 6) is 0.940.